The van der Waals surface area contributed by atoms with Crippen LogP contribution in [0, 0.1) is 0 Å². The maximum Gasteiger partial charge on any atom is 0.282 e. The van der Waals surface area contributed by atoms with Gasteiger partial charge in [0.2, 0.25) is 0 Å². The van der Waals surface area contributed by atoms with Crippen LogP contribution in [0.3, 0.4) is 0 Å². The van der Waals surface area contributed by atoms with Gasteiger partial charge in [0.05, 0.1) is 14.1 Å². The highest BCUT2D eigenvalue weighted by molar-refractivity contribution is 5.97. The van der Waals surface area contributed by atoms with E-state index in [1.807, 2.05) is 49.4 Å². The number of nitrogens with one attached hydrogen (secondary N) is 2. The molecule has 0 unspecified atom stereocenters. The van der Waals surface area contributed by atoms with Gasteiger partial charge in [0.1, 0.15) is 13.1 Å². The summed E-state index contributed by atoms with van der Waals surface area (Å²) in [7, 11) is 4.24. The smallest absolute Gasteiger partial charge is 0.282 e. The number of amides is 1. The Balaban J connectivity index is 2.04. The van der Waals surface area contributed by atoms with E-state index in [4.69, 9.17) is 0 Å². The third kappa shape index (κ3) is 5.20. The van der Waals surface area contributed by atoms with E-state index in [1.54, 1.807) is 0 Å². The molecule has 0 bridgehead atoms. The number of nitrogens with two attached hydrogens (primary N) is 1. The van der Waals surface area contributed by atoms with E-state index in [0.29, 0.717) is 0 Å². The number of quaternary nitrogens is 2. The van der Waals surface area contributed by atoms with Crippen molar-refractivity contribution in [3.63, 3.8) is 0 Å². The molecule has 0 aliphatic heterocycles. The molecule has 4 N–H and O–H groups in total. The lowest BCUT2D eigenvalue weighted by Gasteiger charge is -2.15. The second-order valence-corrected chi connectivity index (χ2v) is 6.17. The average molecular weight is 313 g/mol. The van der Waals surface area contributed by atoms with Crippen LogP contribution >= 0.6 is 0 Å². The highest BCUT2D eigenvalue weighted by atomic mass is 16.2. The minimum absolute atomic E-state index is 0.0436. The Morgan fingerprint density at radius 2 is 1.74 bits per heavy atom. The molecule has 4 nitrogen and oxygen atoms in total. The first-order chi connectivity index (χ1) is 11.1. The Morgan fingerprint density at radius 3 is 2.43 bits per heavy atom. The minimum atomic E-state index is -0.0989. The summed E-state index contributed by atoms with van der Waals surface area (Å²) >= 11 is 0. The fraction of sp³-hybridized carbons (Fsp3) is 0.316. The molecule has 0 aliphatic carbocycles. The molecule has 1 amide bonds. The Labute approximate surface area is 138 Å². The maximum absolute atomic E-state index is 12.4. The quantitative estimate of drug-likeness (QED) is 0.680. The van der Waals surface area contributed by atoms with Gasteiger partial charge >= 0.3 is 0 Å². The number of rotatable bonds is 7. The molecule has 2 aromatic rings. The van der Waals surface area contributed by atoms with E-state index in [1.165, 1.54) is 4.90 Å². The van der Waals surface area contributed by atoms with Gasteiger partial charge in [-0.05, 0) is 18.6 Å². The molecule has 2 aromatic carbocycles. The van der Waals surface area contributed by atoms with Crippen LogP contribution < -0.4 is 15.5 Å². The third-order valence-electron chi connectivity index (χ3n) is 3.85. The second kappa shape index (κ2) is 8.46. The molecule has 0 aromatic heterocycles. The van der Waals surface area contributed by atoms with Gasteiger partial charge in [0.15, 0.2) is 6.04 Å². The summed E-state index contributed by atoms with van der Waals surface area (Å²) in [6.07, 6.45) is 0. The molecule has 0 saturated heterocycles. The van der Waals surface area contributed by atoms with E-state index in [-0.39, 0.29) is 11.9 Å². The zero-order chi connectivity index (χ0) is 16.7. The monoisotopic (exact) mass is 313 g/mol. The normalized spacial score (nSPS) is 12.2. The van der Waals surface area contributed by atoms with Crippen molar-refractivity contribution in [3.8, 4) is 11.1 Å². The molecule has 0 aliphatic rings. The van der Waals surface area contributed by atoms with Gasteiger partial charge in [-0.25, -0.2) is 0 Å². The van der Waals surface area contributed by atoms with Crippen LogP contribution in [0.15, 0.2) is 54.6 Å². The van der Waals surface area contributed by atoms with Crippen molar-refractivity contribution in [1.29, 1.82) is 0 Å². The number of benzene rings is 2. The van der Waals surface area contributed by atoms with Crippen LogP contribution in [0.1, 0.15) is 6.92 Å². The van der Waals surface area contributed by atoms with Crippen LogP contribution in [0.2, 0.25) is 0 Å². The Bertz CT molecular complexity index is 626. The zero-order valence-corrected chi connectivity index (χ0v) is 14.2. The lowest BCUT2D eigenvalue weighted by molar-refractivity contribution is -0.875. The standard InChI is InChI=1S/C19H25N3O/c1-15(20-13-14-22(2)3)19(23)21-18-12-8-7-11-17(18)16-9-5-4-6-10-16/h4-12,15,20H,13-14H2,1-3H3,(H,21,23)/p+2/t15-/m0/s1. The molecule has 122 valence electrons. The van der Waals surface area contributed by atoms with Crippen molar-refractivity contribution < 1.29 is 15.0 Å². The molecule has 2 rings (SSSR count). The second-order valence-electron chi connectivity index (χ2n) is 6.17. The fourth-order valence-electron chi connectivity index (χ4n) is 2.44. The number of likely N-dealkylation sites (N-methyl/N-ethyl adjacent to an activating group) is 1. The van der Waals surface area contributed by atoms with Gasteiger partial charge in [-0.2, -0.15) is 0 Å². The molecule has 0 spiro atoms. The number of carbonyl (C=O) groups is 1. The van der Waals surface area contributed by atoms with Gasteiger partial charge in [0.25, 0.3) is 5.91 Å². The lowest BCUT2D eigenvalue weighted by atomic mass is 10.0. The average Bonchev–Trinajstić information content (AvgIpc) is 2.55. The van der Waals surface area contributed by atoms with E-state index in [0.717, 1.165) is 29.9 Å². The number of hydrogen-bond acceptors (Lipinski definition) is 1. The first-order valence-electron chi connectivity index (χ1n) is 8.15. The van der Waals surface area contributed by atoms with Crippen molar-refractivity contribution in [2.45, 2.75) is 13.0 Å². The third-order valence-corrected chi connectivity index (χ3v) is 3.85. The fourth-order valence-corrected chi connectivity index (χ4v) is 2.44. The predicted molar refractivity (Wildman–Crippen MR) is 94.4 cm³/mol. The predicted octanol–water partition coefficient (Wildman–Crippen LogP) is 0.389. The van der Waals surface area contributed by atoms with Crippen LogP contribution in [0.25, 0.3) is 11.1 Å². The van der Waals surface area contributed by atoms with Crippen LogP contribution in [-0.2, 0) is 4.79 Å². The number of para-hydroxylation sites is 1. The van der Waals surface area contributed by atoms with Crippen molar-refractivity contribution >= 4 is 11.6 Å². The number of hydrogen-bond donors (Lipinski definition) is 3. The number of carbonyl (C=O) groups excluding carboxylic acids is 1. The maximum atomic E-state index is 12.4. The van der Waals surface area contributed by atoms with Crippen LogP contribution in [-0.4, -0.2) is 39.1 Å². The topological polar surface area (TPSA) is 50.2 Å². The number of anilines is 1. The summed E-state index contributed by atoms with van der Waals surface area (Å²) in [5.41, 5.74) is 3.02. The summed E-state index contributed by atoms with van der Waals surface area (Å²) < 4.78 is 0. The molecule has 23 heavy (non-hydrogen) atoms. The molecule has 1 atom stereocenters. The van der Waals surface area contributed by atoms with Gasteiger partial charge in [-0.15, -0.1) is 0 Å². The zero-order valence-electron chi connectivity index (χ0n) is 14.2. The Hall–Kier alpha value is -2.17. The van der Waals surface area contributed by atoms with Gasteiger partial charge in [-0.3, -0.25) is 4.79 Å². The highest BCUT2D eigenvalue weighted by Gasteiger charge is 2.17. The molecule has 0 heterocycles. The van der Waals surface area contributed by atoms with Crippen LogP contribution in [0.4, 0.5) is 5.69 Å². The molecule has 4 heteroatoms. The SMILES string of the molecule is C[C@H]([NH2+]CC[NH+](C)C)C(=O)Nc1ccccc1-c1ccccc1. The Kier molecular flexibility index (Phi) is 6.32. The highest BCUT2D eigenvalue weighted by Crippen LogP contribution is 2.27. The van der Waals surface area contributed by atoms with Crippen molar-refractivity contribution in [3.05, 3.63) is 54.6 Å². The summed E-state index contributed by atoms with van der Waals surface area (Å²) in [6, 6.07) is 18.0. The summed E-state index contributed by atoms with van der Waals surface area (Å²) in [6.45, 7) is 3.93. The minimum Gasteiger partial charge on any atom is -0.335 e. The summed E-state index contributed by atoms with van der Waals surface area (Å²) in [5.74, 6) is 0.0436. The van der Waals surface area contributed by atoms with Gasteiger partial charge in [-0.1, -0.05) is 48.5 Å². The van der Waals surface area contributed by atoms with E-state index in [2.05, 4.69) is 36.9 Å². The van der Waals surface area contributed by atoms with Gasteiger partial charge in [0, 0.05) is 11.3 Å². The van der Waals surface area contributed by atoms with E-state index in [9.17, 15) is 4.79 Å². The lowest BCUT2D eigenvalue weighted by Crippen LogP contribution is -3.10. The summed E-state index contributed by atoms with van der Waals surface area (Å²) in [4.78, 5) is 13.8. The molecule has 0 radical (unpaired) electrons. The first kappa shape index (κ1) is 17.2. The van der Waals surface area contributed by atoms with Crippen molar-refractivity contribution in [2.24, 2.45) is 0 Å². The molecule has 0 fully saturated rings. The summed E-state index contributed by atoms with van der Waals surface area (Å²) in [5, 5.41) is 5.16. The van der Waals surface area contributed by atoms with Crippen LogP contribution in [0.5, 0.6) is 0 Å². The largest absolute Gasteiger partial charge is 0.335 e. The first-order valence-corrected chi connectivity index (χ1v) is 8.15. The Morgan fingerprint density at radius 1 is 1.09 bits per heavy atom. The van der Waals surface area contributed by atoms with E-state index < -0.39 is 0 Å². The van der Waals surface area contributed by atoms with Crippen molar-refractivity contribution in [2.75, 3.05) is 32.5 Å². The molecular weight excluding hydrogens is 286 g/mol. The van der Waals surface area contributed by atoms with E-state index >= 15 is 0 Å². The molecule has 0 saturated carbocycles. The van der Waals surface area contributed by atoms with Gasteiger partial charge < -0.3 is 15.5 Å². The van der Waals surface area contributed by atoms with Crippen molar-refractivity contribution in [1.82, 2.24) is 0 Å². The molecular formula is C19H27N3O+2.